The summed E-state index contributed by atoms with van der Waals surface area (Å²) in [5.74, 6) is 0.0933. The normalized spacial score (nSPS) is 17.0. The number of hydrogen-bond donors (Lipinski definition) is 1. The zero-order chi connectivity index (χ0) is 13.2. The molecule has 2 aromatic rings. The molecule has 0 bridgehead atoms. The van der Waals surface area contributed by atoms with Gasteiger partial charge in [0.2, 0.25) is 0 Å². The first-order chi connectivity index (χ1) is 9.29. The van der Waals surface area contributed by atoms with Crippen molar-refractivity contribution in [1.29, 1.82) is 0 Å². The van der Waals surface area contributed by atoms with Gasteiger partial charge >= 0.3 is 0 Å². The van der Waals surface area contributed by atoms with E-state index in [1.165, 1.54) is 0 Å². The van der Waals surface area contributed by atoms with Crippen molar-refractivity contribution in [2.45, 2.75) is 18.9 Å². The summed E-state index contributed by atoms with van der Waals surface area (Å²) in [6.07, 6.45) is 5.56. The Bertz CT molecular complexity index is 584. The predicted octanol–water partition coefficient (Wildman–Crippen LogP) is 1.16. The Morgan fingerprint density at radius 3 is 2.89 bits per heavy atom. The zero-order valence-corrected chi connectivity index (χ0v) is 11.0. The molecule has 3 rings (SSSR count). The van der Waals surface area contributed by atoms with Crippen molar-refractivity contribution < 1.29 is 4.79 Å². The molecule has 0 aromatic carbocycles. The summed E-state index contributed by atoms with van der Waals surface area (Å²) < 4.78 is 1.74. The Balaban J connectivity index is 1.81. The van der Waals surface area contributed by atoms with Crippen LogP contribution < -0.4 is 5.32 Å². The van der Waals surface area contributed by atoms with E-state index in [1.54, 1.807) is 10.7 Å². The number of amides is 1. The number of carbonyl (C=O) groups is 1. The lowest BCUT2D eigenvalue weighted by Crippen LogP contribution is -2.43. The molecule has 3 heterocycles. The number of likely N-dealkylation sites (tertiary alicyclic amines) is 1. The summed E-state index contributed by atoms with van der Waals surface area (Å²) in [5, 5.41) is 7.50. The fourth-order valence-corrected chi connectivity index (χ4v) is 2.64. The first kappa shape index (κ1) is 12.2. The number of pyridine rings is 1. The van der Waals surface area contributed by atoms with Gasteiger partial charge in [-0.25, -0.2) is 4.52 Å². The molecule has 0 radical (unpaired) electrons. The smallest absolute Gasteiger partial charge is 0.257 e. The average molecular weight is 258 g/mol. The van der Waals surface area contributed by atoms with Crippen molar-refractivity contribution in [3.63, 3.8) is 0 Å². The van der Waals surface area contributed by atoms with Gasteiger partial charge in [-0.1, -0.05) is 6.07 Å². The highest BCUT2D eigenvalue weighted by atomic mass is 16.2. The second-order valence-electron chi connectivity index (χ2n) is 4.94. The van der Waals surface area contributed by atoms with E-state index in [0.717, 1.165) is 31.4 Å². The highest BCUT2D eigenvalue weighted by Gasteiger charge is 2.24. The number of nitrogens with zero attached hydrogens (tertiary/aromatic N) is 3. The molecule has 1 fully saturated rings. The third-order valence-electron chi connectivity index (χ3n) is 3.85. The van der Waals surface area contributed by atoms with Gasteiger partial charge < -0.3 is 10.2 Å². The molecular formula is C14H18N4O. The van der Waals surface area contributed by atoms with Crippen LogP contribution in [-0.2, 0) is 0 Å². The lowest BCUT2D eigenvalue weighted by atomic mass is 10.0. The number of fused-ring (bicyclic) bond motifs is 1. The van der Waals surface area contributed by atoms with Crippen LogP contribution in [0.5, 0.6) is 0 Å². The van der Waals surface area contributed by atoms with Crippen molar-refractivity contribution in [2.24, 2.45) is 0 Å². The van der Waals surface area contributed by atoms with Crippen molar-refractivity contribution in [3.05, 3.63) is 36.2 Å². The number of nitrogens with one attached hydrogen (secondary N) is 1. The van der Waals surface area contributed by atoms with Crippen molar-refractivity contribution in [2.75, 3.05) is 20.1 Å². The van der Waals surface area contributed by atoms with Crippen LogP contribution in [0.1, 0.15) is 23.2 Å². The number of carbonyl (C=O) groups excluding carboxylic acids is 1. The van der Waals surface area contributed by atoms with E-state index < -0.39 is 0 Å². The molecular weight excluding hydrogens is 240 g/mol. The second-order valence-corrected chi connectivity index (χ2v) is 4.94. The van der Waals surface area contributed by atoms with Gasteiger partial charge in [0.05, 0.1) is 17.3 Å². The summed E-state index contributed by atoms with van der Waals surface area (Å²) in [6.45, 7) is 1.63. The number of piperidine rings is 1. The molecule has 1 aliphatic heterocycles. The molecule has 0 saturated carbocycles. The van der Waals surface area contributed by atoms with Gasteiger partial charge in [0.1, 0.15) is 0 Å². The van der Waals surface area contributed by atoms with Crippen LogP contribution in [-0.4, -0.2) is 46.6 Å². The number of hydrogen-bond acceptors (Lipinski definition) is 3. The summed E-state index contributed by atoms with van der Waals surface area (Å²) >= 11 is 0. The first-order valence-corrected chi connectivity index (χ1v) is 6.68. The van der Waals surface area contributed by atoms with Gasteiger partial charge in [-0.15, -0.1) is 0 Å². The first-order valence-electron chi connectivity index (χ1n) is 6.68. The predicted molar refractivity (Wildman–Crippen MR) is 73.2 cm³/mol. The molecule has 19 heavy (non-hydrogen) atoms. The van der Waals surface area contributed by atoms with Crippen molar-refractivity contribution >= 4 is 11.4 Å². The van der Waals surface area contributed by atoms with Gasteiger partial charge in [-0.2, -0.15) is 5.10 Å². The molecule has 2 aromatic heterocycles. The SMILES string of the molecule is CNC1CCN(C(=O)c2cnn3ccccc23)CC1. The van der Waals surface area contributed by atoms with Gasteiger partial charge in [0.25, 0.3) is 5.91 Å². The minimum absolute atomic E-state index is 0.0933. The lowest BCUT2D eigenvalue weighted by molar-refractivity contribution is 0.0709. The minimum Gasteiger partial charge on any atom is -0.338 e. The molecule has 0 atom stereocenters. The molecule has 1 saturated heterocycles. The Labute approximate surface area is 112 Å². The molecule has 1 N–H and O–H groups in total. The summed E-state index contributed by atoms with van der Waals surface area (Å²) in [4.78, 5) is 14.5. The second kappa shape index (κ2) is 5.01. The maximum Gasteiger partial charge on any atom is 0.257 e. The van der Waals surface area contributed by atoms with Crippen LogP contribution >= 0.6 is 0 Å². The number of rotatable bonds is 2. The molecule has 0 unspecified atom stereocenters. The Morgan fingerprint density at radius 1 is 1.37 bits per heavy atom. The summed E-state index contributed by atoms with van der Waals surface area (Å²) in [5.41, 5.74) is 1.58. The van der Waals surface area contributed by atoms with E-state index >= 15 is 0 Å². The minimum atomic E-state index is 0.0933. The lowest BCUT2D eigenvalue weighted by Gasteiger charge is -2.31. The molecule has 1 amide bonds. The van der Waals surface area contributed by atoms with E-state index in [1.807, 2.05) is 36.3 Å². The van der Waals surface area contributed by atoms with E-state index in [9.17, 15) is 4.79 Å². The fourth-order valence-electron chi connectivity index (χ4n) is 2.64. The third-order valence-corrected chi connectivity index (χ3v) is 3.85. The summed E-state index contributed by atoms with van der Waals surface area (Å²) in [7, 11) is 1.98. The largest absolute Gasteiger partial charge is 0.338 e. The molecule has 5 heteroatoms. The summed E-state index contributed by atoms with van der Waals surface area (Å²) in [6, 6.07) is 6.31. The standard InChI is InChI=1S/C14H18N4O/c1-15-11-5-8-17(9-6-11)14(19)12-10-16-18-7-3-2-4-13(12)18/h2-4,7,10-11,15H,5-6,8-9H2,1H3. The Morgan fingerprint density at radius 2 is 2.16 bits per heavy atom. The molecule has 1 aliphatic rings. The number of aromatic nitrogens is 2. The van der Waals surface area contributed by atoms with E-state index in [0.29, 0.717) is 11.6 Å². The highest BCUT2D eigenvalue weighted by Crippen LogP contribution is 2.17. The average Bonchev–Trinajstić information content (AvgIpc) is 2.90. The molecule has 100 valence electrons. The zero-order valence-electron chi connectivity index (χ0n) is 11.0. The highest BCUT2D eigenvalue weighted by molar-refractivity contribution is 6.00. The van der Waals surface area contributed by atoms with E-state index in [2.05, 4.69) is 10.4 Å². The Hall–Kier alpha value is -1.88. The quantitative estimate of drug-likeness (QED) is 0.879. The Kier molecular flexibility index (Phi) is 3.21. The van der Waals surface area contributed by atoms with Gasteiger partial charge in [0.15, 0.2) is 0 Å². The van der Waals surface area contributed by atoms with Crippen LogP contribution in [0.15, 0.2) is 30.6 Å². The van der Waals surface area contributed by atoms with Gasteiger partial charge in [-0.05, 0) is 32.0 Å². The van der Waals surface area contributed by atoms with Gasteiger partial charge in [0, 0.05) is 25.3 Å². The van der Waals surface area contributed by atoms with Crippen molar-refractivity contribution in [3.8, 4) is 0 Å². The third kappa shape index (κ3) is 2.21. The maximum atomic E-state index is 12.5. The van der Waals surface area contributed by atoms with Crippen LogP contribution in [0.2, 0.25) is 0 Å². The fraction of sp³-hybridized carbons (Fsp3) is 0.429. The molecule has 0 spiro atoms. The van der Waals surface area contributed by atoms with Crippen LogP contribution in [0, 0.1) is 0 Å². The van der Waals surface area contributed by atoms with Crippen LogP contribution in [0.4, 0.5) is 0 Å². The molecule has 5 nitrogen and oxygen atoms in total. The van der Waals surface area contributed by atoms with Gasteiger partial charge in [-0.3, -0.25) is 4.79 Å². The maximum absolute atomic E-state index is 12.5. The van der Waals surface area contributed by atoms with Crippen LogP contribution in [0.25, 0.3) is 5.52 Å². The van der Waals surface area contributed by atoms with Crippen molar-refractivity contribution in [1.82, 2.24) is 19.8 Å². The topological polar surface area (TPSA) is 49.6 Å². The molecule has 0 aliphatic carbocycles. The van der Waals surface area contributed by atoms with E-state index in [4.69, 9.17) is 0 Å². The van der Waals surface area contributed by atoms with Crippen LogP contribution in [0.3, 0.4) is 0 Å². The monoisotopic (exact) mass is 258 g/mol. The van der Waals surface area contributed by atoms with E-state index in [-0.39, 0.29) is 5.91 Å².